The highest BCUT2D eigenvalue weighted by Gasteiger charge is 2.82. The van der Waals surface area contributed by atoms with Gasteiger partial charge < -0.3 is 19.7 Å². The molecule has 4 saturated carbocycles. The van der Waals surface area contributed by atoms with Crippen LogP contribution in [0.2, 0.25) is 0 Å². The summed E-state index contributed by atoms with van der Waals surface area (Å²) in [7, 11) is 1.81. The summed E-state index contributed by atoms with van der Waals surface area (Å²) in [5.41, 5.74) is 1.26. The lowest BCUT2D eigenvalue weighted by atomic mass is 9.34. The van der Waals surface area contributed by atoms with Crippen LogP contribution in [0.15, 0.2) is 12.1 Å². The largest absolute Gasteiger partial charge is 0.504 e. The minimum absolute atomic E-state index is 0.0153. The zero-order valence-electron chi connectivity index (χ0n) is 18.3. The molecule has 7 aliphatic rings. The Morgan fingerprint density at radius 3 is 2.70 bits per heavy atom. The van der Waals surface area contributed by atoms with Gasteiger partial charge in [-0.05, 0) is 77.0 Å². The van der Waals surface area contributed by atoms with E-state index in [4.69, 9.17) is 9.47 Å². The fourth-order valence-corrected chi connectivity index (χ4v) is 9.16. The highest BCUT2D eigenvalue weighted by atomic mass is 16.6. The third-order valence-electron chi connectivity index (χ3n) is 10.3. The van der Waals surface area contributed by atoms with Crippen LogP contribution >= 0.6 is 0 Å². The van der Waals surface area contributed by atoms with E-state index in [1.807, 2.05) is 19.9 Å². The van der Waals surface area contributed by atoms with E-state index in [9.17, 15) is 10.2 Å². The average Bonchev–Trinajstić information content (AvgIpc) is 3.48. The SMILES string of the molecule is COC12CC[C@@]3(C[C@@H]1C(C)(C)O)[C@H]1Cc4ccc(O)c5c4[C@@]3(CCN1C1CC1)[C@H]2O5. The molecule has 5 nitrogen and oxygen atoms in total. The summed E-state index contributed by atoms with van der Waals surface area (Å²) in [5.74, 6) is 0.989. The molecule has 8 rings (SSSR count). The smallest absolute Gasteiger partial charge is 0.165 e. The number of benzene rings is 1. The van der Waals surface area contributed by atoms with Crippen LogP contribution in [0.4, 0.5) is 0 Å². The van der Waals surface area contributed by atoms with Crippen LogP contribution in [0.5, 0.6) is 11.5 Å². The van der Waals surface area contributed by atoms with Gasteiger partial charge in [-0.2, -0.15) is 0 Å². The second-order valence-electron chi connectivity index (χ2n) is 11.6. The van der Waals surface area contributed by atoms with E-state index in [0.717, 1.165) is 44.7 Å². The Morgan fingerprint density at radius 2 is 2.00 bits per heavy atom. The number of nitrogens with zero attached hydrogens (tertiary/aromatic N) is 1. The molecule has 4 bridgehead atoms. The van der Waals surface area contributed by atoms with E-state index < -0.39 is 11.2 Å². The lowest BCUT2D eigenvalue weighted by molar-refractivity contribution is -0.300. The van der Waals surface area contributed by atoms with Crippen molar-refractivity contribution in [2.45, 2.75) is 93.6 Å². The van der Waals surface area contributed by atoms with Crippen LogP contribution in [0, 0.1) is 11.3 Å². The predicted molar refractivity (Wildman–Crippen MR) is 112 cm³/mol. The molecular weight excluding hydrogens is 378 g/mol. The van der Waals surface area contributed by atoms with Crippen molar-refractivity contribution in [1.82, 2.24) is 4.90 Å². The zero-order chi connectivity index (χ0) is 20.7. The Balaban J connectivity index is 1.53. The maximum Gasteiger partial charge on any atom is 0.165 e. The first-order valence-electron chi connectivity index (χ1n) is 11.8. The number of fused-ring (bicyclic) bond motifs is 2. The topological polar surface area (TPSA) is 62.2 Å². The van der Waals surface area contributed by atoms with E-state index in [1.54, 1.807) is 7.11 Å². The fourth-order valence-electron chi connectivity index (χ4n) is 9.16. The van der Waals surface area contributed by atoms with Gasteiger partial charge in [0.1, 0.15) is 11.7 Å². The molecule has 0 radical (unpaired) electrons. The van der Waals surface area contributed by atoms with Crippen LogP contribution in [0.1, 0.15) is 63.5 Å². The summed E-state index contributed by atoms with van der Waals surface area (Å²) in [6.45, 7) is 5.01. The molecule has 5 heteroatoms. The number of hydrogen-bond donors (Lipinski definition) is 2. The molecular formula is C25H33NO4. The van der Waals surface area contributed by atoms with Gasteiger partial charge in [0.2, 0.25) is 0 Å². The number of aliphatic hydroxyl groups is 1. The van der Waals surface area contributed by atoms with Gasteiger partial charge in [0.15, 0.2) is 11.5 Å². The van der Waals surface area contributed by atoms with Crippen LogP contribution in [-0.2, 0) is 16.6 Å². The van der Waals surface area contributed by atoms with Gasteiger partial charge in [-0.1, -0.05) is 6.07 Å². The lowest BCUT2D eigenvalue weighted by Gasteiger charge is -2.75. The quantitative estimate of drug-likeness (QED) is 0.800. The van der Waals surface area contributed by atoms with Crippen LogP contribution in [-0.4, -0.2) is 58.2 Å². The molecule has 5 aliphatic carbocycles. The summed E-state index contributed by atoms with van der Waals surface area (Å²) >= 11 is 0. The maximum atomic E-state index is 11.3. The summed E-state index contributed by atoms with van der Waals surface area (Å²) in [6, 6.07) is 5.20. The molecule has 2 spiro atoms. The summed E-state index contributed by atoms with van der Waals surface area (Å²) < 4.78 is 13.2. The first-order valence-corrected chi connectivity index (χ1v) is 11.8. The highest BCUT2D eigenvalue weighted by molar-refractivity contribution is 5.63. The van der Waals surface area contributed by atoms with E-state index in [0.29, 0.717) is 11.8 Å². The van der Waals surface area contributed by atoms with Crippen molar-refractivity contribution in [3.63, 3.8) is 0 Å². The summed E-state index contributed by atoms with van der Waals surface area (Å²) in [5, 5.41) is 22.1. The number of ether oxygens (including phenoxy) is 2. The van der Waals surface area contributed by atoms with Crippen LogP contribution < -0.4 is 4.74 Å². The van der Waals surface area contributed by atoms with E-state index in [-0.39, 0.29) is 28.6 Å². The van der Waals surface area contributed by atoms with Gasteiger partial charge in [0.05, 0.1) is 5.60 Å². The van der Waals surface area contributed by atoms with Crippen molar-refractivity contribution in [1.29, 1.82) is 0 Å². The fraction of sp³-hybridized carbons (Fsp3) is 0.760. The van der Waals surface area contributed by atoms with Crippen molar-refractivity contribution in [3.8, 4) is 11.5 Å². The van der Waals surface area contributed by atoms with E-state index >= 15 is 0 Å². The molecule has 1 aromatic carbocycles. The summed E-state index contributed by atoms with van der Waals surface area (Å²) in [4.78, 5) is 2.82. The molecule has 1 saturated heterocycles. The van der Waals surface area contributed by atoms with Gasteiger partial charge in [0, 0.05) is 41.5 Å². The predicted octanol–water partition coefficient (Wildman–Crippen LogP) is 3.14. The molecule has 0 amide bonds. The maximum absolute atomic E-state index is 11.3. The van der Waals surface area contributed by atoms with Crippen molar-refractivity contribution in [2.24, 2.45) is 11.3 Å². The second kappa shape index (κ2) is 5.19. The molecule has 2 N–H and O–H groups in total. The first-order chi connectivity index (χ1) is 14.3. The standard InChI is InChI=1S/C25H33NO4/c1-22(2,28)17-13-23-8-9-25(17,29-3)21-24(23)10-11-26(15-5-6-15)18(23)12-14-4-7-16(27)20(30-21)19(14)24/h4,7,15,17-18,21,27-28H,5-6,8-13H2,1-3H3/t17-,18-,21-,23-,24+,25?/m1/s1. The van der Waals surface area contributed by atoms with Gasteiger partial charge >= 0.3 is 0 Å². The Bertz CT molecular complexity index is 951. The Morgan fingerprint density at radius 1 is 1.20 bits per heavy atom. The zero-order valence-corrected chi connectivity index (χ0v) is 18.3. The number of methoxy groups -OCH3 is 1. The Hall–Kier alpha value is -1.30. The number of phenols is 1. The molecule has 2 aliphatic heterocycles. The minimum Gasteiger partial charge on any atom is -0.504 e. The van der Waals surface area contributed by atoms with Crippen molar-refractivity contribution in [3.05, 3.63) is 23.3 Å². The molecule has 162 valence electrons. The molecule has 1 aromatic rings. The van der Waals surface area contributed by atoms with Crippen molar-refractivity contribution < 1.29 is 19.7 Å². The van der Waals surface area contributed by atoms with Crippen LogP contribution in [0.3, 0.4) is 0 Å². The number of likely N-dealkylation sites (tertiary alicyclic amines) is 1. The Kier molecular flexibility index (Phi) is 3.16. The molecule has 1 unspecified atom stereocenters. The number of phenolic OH excluding ortho intramolecular Hbond substituents is 1. The number of hydrogen-bond acceptors (Lipinski definition) is 5. The van der Waals surface area contributed by atoms with Gasteiger partial charge in [-0.15, -0.1) is 0 Å². The van der Waals surface area contributed by atoms with Crippen molar-refractivity contribution in [2.75, 3.05) is 13.7 Å². The molecule has 6 atom stereocenters. The highest BCUT2D eigenvalue weighted by Crippen LogP contribution is 2.77. The van der Waals surface area contributed by atoms with Crippen molar-refractivity contribution >= 4 is 0 Å². The number of piperidine rings is 1. The van der Waals surface area contributed by atoms with E-state index in [1.165, 1.54) is 24.0 Å². The van der Waals surface area contributed by atoms with Gasteiger partial charge in [0.25, 0.3) is 0 Å². The molecule has 30 heavy (non-hydrogen) atoms. The lowest BCUT2D eigenvalue weighted by Crippen LogP contribution is -2.82. The number of rotatable bonds is 3. The monoisotopic (exact) mass is 411 g/mol. The molecule has 2 heterocycles. The third kappa shape index (κ3) is 1.74. The van der Waals surface area contributed by atoms with Gasteiger partial charge in [-0.3, -0.25) is 4.90 Å². The second-order valence-corrected chi connectivity index (χ2v) is 11.6. The third-order valence-corrected chi connectivity index (χ3v) is 10.3. The molecule has 0 aromatic heterocycles. The first kappa shape index (κ1) is 18.3. The van der Waals surface area contributed by atoms with E-state index in [2.05, 4.69) is 11.0 Å². The summed E-state index contributed by atoms with van der Waals surface area (Å²) in [6.07, 6.45) is 7.63. The minimum atomic E-state index is -0.843. The van der Waals surface area contributed by atoms with Gasteiger partial charge in [-0.25, -0.2) is 0 Å². The Labute approximate surface area is 178 Å². The molecule has 5 fully saturated rings. The van der Waals surface area contributed by atoms with Crippen LogP contribution in [0.25, 0.3) is 0 Å². The average molecular weight is 412 g/mol. The normalized spacial score (nSPS) is 45.9. The number of aromatic hydroxyl groups is 1.